The quantitative estimate of drug-likeness (QED) is 0.658. The summed E-state index contributed by atoms with van der Waals surface area (Å²) in [6, 6.07) is 21.8. The molecule has 0 amide bonds. The fourth-order valence-corrected chi connectivity index (χ4v) is 3.69. The van der Waals surface area contributed by atoms with Crippen molar-refractivity contribution in [3.63, 3.8) is 0 Å². The normalized spacial score (nSPS) is 11.6. The molecule has 1 N–H and O–H groups in total. The number of aryl methyl sites for hydroxylation is 2. The molecule has 0 fully saturated rings. The number of hydrogen-bond acceptors (Lipinski definition) is 3. The predicted octanol–water partition coefficient (Wildman–Crippen LogP) is 4.85. The lowest BCUT2D eigenvalue weighted by Gasteiger charge is -2.10. The highest BCUT2D eigenvalue weighted by Gasteiger charge is 2.14. The van der Waals surface area contributed by atoms with Gasteiger partial charge in [-0.25, -0.2) is 8.42 Å². The van der Waals surface area contributed by atoms with Gasteiger partial charge in [0.05, 0.1) is 10.6 Å². The second-order valence-electron chi connectivity index (χ2n) is 6.14. The lowest BCUT2D eigenvalue weighted by atomic mass is 10.1. The molecular formula is C21H20N2O2S. The molecule has 0 aliphatic rings. The number of hydrogen-bond donors (Lipinski definition) is 1. The third-order valence-electron chi connectivity index (χ3n) is 3.78. The second kappa shape index (κ2) is 7.54. The standard InChI is InChI=1S/C21H20N2O2S/c1-16-12-17(2)14-20(13-16)23-26(24,25)21-10-8-19(9-11-21)22-15-18-6-4-3-5-7-18/h3-15,23H,1-2H3. The van der Waals surface area contributed by atoms with Gasteiger partial charge in [-0.2, -0.15) is 0 Å². The van der Waals surface area contributed by atoms with Gasteiger partial charge in [-0.15, -0.1) is 0 Å². The molecule has 26 heavy (non-hydrogen) atoms. The van der Waals surface area contributed by atoms with Crippen molar-refractivity contribution in [3.05, 3.63) is 89.5 Å². The number of benzene rings is 3. The Morgan fingerprint density at radius 3 is 2.08 bits per heavy atom. The number of nitrogens with one attached hydrogen (secondary N) is 1. The number of rotatable bonds is 5. The molecule has 0 aliphatic carbocycles. The minimum atomic E-state index is -3.63. The first-order valence-corrected chi connectivity index (χ1v) is 9.71. The summed E-state index contributed by atoms with van der Waals surface area (Å²) >= 11 is 0. The molecule has 0 saturated carbocycles. The van der Waals surface area contributed by atoms with Gasteiger partial charge in [0, 0.05) is 11.9 Å². The monoisotopic (exact) mass is 364 g/mol. The number of anilines is 1. The first-order chi connectivity index (χ1) is 12.4. The Balaban J connectivity index is 1.77. The van der Waals surface area contributed by atoms with Gasteiger partial charge < -0.3 is 0 Å². The molecule has 0 saturated heterocycles. The second-order valence-corrected chi connectivity index (χ2v) is 7.83. The van der Waals surface area contributed by atoms with Crippen molar-refractivity contribution < 1.29 is 8.42 Å². The van der Waals surface area contributed by atoms with E-state index in [1.807, 2.05) is 62.4 Å². The Kier molecular flexibility index (Phi) is 5.19. The Morgan fingerprint density at radius 2 is 1.46 bits per heavy atom. The van der Waals surface area contributed by atoms with Crippen LogP contribution in [-0.4, -0.2) is 14.6 Å². The molecule has 3 rings (SSSR count). The van der Waals surface area contributed by atoms with Crippen molar-refractivity contribution >= 4 is 27.6 Å². The van der Waals surface area contributed by atoms with E-state index in [4.69, 9.17) is 0 Å². The van der Waals surface area contributed by atoms with Crippen molar-refractivity contribution in [2.75, 3.05) is 4.72 Å². The van der Waals surface area contributed by atoms with E-state index in [9.17, 15) is 8.42 Å². The zero-order valence-electron chi connectivity index (χ0n) is 14.7. The van der Waals surface area contributed by atoms with Crippen molar-refractivity contribution in [2.45, 2.75) is 18.7 Å². The van der Waals surface area contributed by atoms with E-state index in [0.717, 1.165) is 16.7 Å². The molecule has 0 atom stereocenters. The van der Waals surface area contributed by atoms with Crippen molar-refractivity contribution in [1.82, 2.24) is 0 Å². The number of nitrogens with zero attached hydrogens (tertiary/aromatic N) is 1. The summed E-state index contributed by atoms with van der Waals surface area (Å²) in [5.74, 6) is 0. The topological polar surface area (TPSA) is 58.5 Å². The SMILES string of the molecule is Cc1cc(C)cc(NS(=O)(=O)c2ccc(N=Cc3ccccc3)cc2)c1. The van der Waals surface area contributed by atoms with Crippen LogP contribution in [0.3, 0.4) is 0 Å². The molecule has 3 aromatic carbocycles. The summed E-state index contributed by atoms with van der Waals surface area (Å²) < 4.78 is 27.8. The zero-order chi connectivity index (χ0) is 18.6. The Morgan fingerprint density at radius 1 is 0.846 bits per heavy atom. The molecule has 0 unspecified atom stereocenters. The first kappa shape index (κ1) is 17.9. The third kappa shape index (κ3) is 4.58. The zero-order valence-corrected chi connectivity index (χ0v) is 15.5. The summed E-state index contributed by atoms with van der Waals surface area (Å²) in [5, 5.41) is 0. The average molecular weight is 364 g/mol. The average Bonchev–Trinajstić information content (AvgIpc) is 2.60. The van der Waals surface area contributed by atoms with Gasteiger partial charge in [-0.1, -0.05) is 36.4 Å². The van der Waals surface area contributed by atoms with Crippen LogP contribution < -0.4 is 4.72 Å². The van der Waals surface area contributed by atoms with Gasteiger partial charge in [0.25, 0.3) is 10.0 Å². The molecule has 0 bridgehead atoms. The van der Waals surface area contributed by atoms with Crippen LogP contribution in [0.5, 0.6) is 0 Å². The number of sulfonamides is 1. The molecule has 3 aromatic rings. The highest BCUT2D eigenvalue weighted by Crippen LogP contribution is 2.21. The largest absolute Gasteiger partial charge is 0.280 e. The smallest absolute Gasteiger partial charge is 0.261 e. The van der Waals surface area contributed by atoms with Crippen LogP contribution in [0.2, 0.25) is 0 Å². The molecule has 0 spiro atoms. The maximum absolute atomic E-state index is 12.6. The van der Waals surface area contributed by atoms with Crippen molar-refractivity contribution in [2.24, 2.45) is 4.99 Å². The first-order valence-electron chi connectivity index (χ1n) is 8.23. The maximum Gasteiger partial charge on any atom is 0.261 e. The van der Waals surface area contributed by atoms with Crippen LogP contribution in [0.4, 0.5) is 11.4 Å². The molecule has 0 aliphatic heterocycles. The maximum atomic E-state index is 12.6. The van der Waals surface area contributed by atoms with Gasteiger partial charge >= 0.3 is 0 Å². The van der Waals surface area contributed by atoms with Gasteiger partial charge in [-0.05, 0) is 66.9 Å². The summed E-state index contributed by atoms with van der Waals surface area (Å²) in [4.78, 5) is 4.57. The lowest BCUT2D eigenvalue weighted by Crippen LogP contribution is -2.13. The summed E-state index contributed by atoms with van der Waals surface area (Å²) in [6.45, 7) is 3.87. The number of aliphatic imine (C=N–C) groups is 1. The molecule has 132 valence electrons. The van der Waals surface area contributed by atoms with Crippen LogP contribution in [0.1, 0.15) is 16.7 Å². The van der Waals surface area contributed by atoms with Gasteiger partial charge in [-0.3, -0.25) is 9.71 Å². The van der Waals surface area contributed by atoms with Gasteiger partial charge in [0.2, 0.25) is 0 Å². The third-order valence-corrected chi connectivity index (χ3v) is 5.18. The minimum Gasteiger partial charge on any atom is -0.280 e. The predicted molar refractivity (Wildman–Crippen MR) is 107 cm³/mol. The molecule has 4 nitrogen and oxygen atoms in total. The molecule has 0 heterocycles. The van der Waals surface area contributed by atoms with E-state index in [1.54, 1.807) is 30.5 Å². The van der Waals surface area contributed by atoms with E-state index in [0.29, 0.717) is 11.4 Å². The van der Waals surface area contributed by atoms with E-state index < -0.39 is 10.0 Å². The van der Waals surface area contributed by atoms with Crippen LogP contribution >= 0.6 is 0 Å². The minimum absolute atomic E-state index is 0.204. The Bertz CT molecular complexity index is 1010. The Labute approximate surface area is 154 Å². The van der Waals surface area contributed by atoms with E-state index in [1.165, 1.54) is 0 Å². The highest BCUT2D eigenvalue weighted by molar-refractivity contribution is 7.92. The van der Waals surface area contributed by atoms with Gasteiger partial charge in [0.1, 0.15) is 0 Å². The molecule has 5 heteroatoms. The molecule has 0 aromatic heterocycles. The Hall–Kier alpha value is -2.92. The van der Waals surface area contributed by atoms with E-state index in [2.05, 4.69) is 9.71 Å². The fourth-order valence-electron chi connectivity index (χ4n) is 2.65. The van der Waals surface area contributed by atoms with E-state index >= 15 is 0 Å². The van der Waals surface area contributed by atoms with Crippen molar-refractivity contribution in [3.8, 4) is 0 Å². The summed E-state index contributed by atoms with van der Waals surface area (Å²) in [7, 11) is -3.63. The molecule has 0 radical (unpaired) electrons. The summed E-state index contributed by atoms with van der Waals surface area (Å²) in [5.41, 5.74) is 4.26. The fraction of sp³-hybridized carbons (Fsp3) is 0.0952. The van der Waals surface area contributed by atoms with E-state index in [-0.39, 0.29) is 4.90 Å². The van der Waals surface area contributed by atoms with Crippen LogP contribution in [0.15, 0.2) is 82.7 Å². The lowest BCUT2D eigenvalue weighted by molar-refractivity contribution is 0.601. The highest BCUT2D eigenvalue weighted by atomic mass is 32.2. The van der Waals surface area contributed by atoms with Crippen LogP contribution in [0, 0.1) is 13.8 Å². The van der Waals surface area contributed by atoms with Crippen molar-refractivity contribution in [1.29, 1.82) is 0 Å². The summed E-state index contributed by atoms with van der Waals surface area (Å²) in [6.07, 6.45) is 1.75. The van der Waals surface area contributed by atoms with Crippen LogP contribution in [-0.2, 0) is 10.0 Å². The molecular weight excluding hydrogens is 344 g/mol. The van der Waals surface area contributed by atoms with Gasteiger partial charge in [0.15, 0.2) is 0 Å². The van der Waals surface area contributed by atoms with Crippen LogP contribution in [0.25, 0.3) is 0 Å².